The summed E-state index contributed by atoms with van der Waals surface area (Å²) in [6.07, 6.45) is -0.0750. The van der Waals surface area contributed by atoms with Gasteiger partial charge in [0.25, 0.3) is 11.8 Å². The van der Waals surface area contributed by atoms with E-state index in [-0.39, 0.29) is 28.2 Å². The van der Waals surface area contributed by atoms with Gasteiger partial charge in [0.2, 0.25) is 0 Å². The van der Waals surface area contributed by atoms with Crippen molar-refractivity contribution in [1.82, 2.24) is 14.8 Å². The molecule has 3 fully saturated rings. The van der Waals surface area contributed by atoms with E-state index in [1.54, 1.807) is 22.1 Å². The molecule has 11 heteroatoms. The van der Waals surface area contributed by atoms with Crippen molar-refractivity contribution in [3.05, 3.63) is 56.2 Å². The fourth-order valence-corrected chi connectivity index (χ4v) is 5.69. The molecule has 1 saturated carbocycles. The molecule has 2 aromatic rings. The van der Waals surface area contributed by atoms with Crippen molar-refractivity contribution in [2.75, 3.05) is 31.5 Å². The average Bonchev–Trinajstić information content (AvgIpc) is 3.17. The highest BCUT2D eigenvalue weighted by Gasteiger charge is 2.47. The normalized spacial score (nSPS) is 23.7. The van der Waals surface area contributed by atoms with Crippen molar-refractivity contribution < 1.29 is 22.8 Å². The van der Waals surface area contributed by atoms with Gasteiger partial charge in [-0.05, 0) is 58.8 Å². The second kappa shape index (κ2) is 8.82. The Balaban J connectivity index is 1.40. The first-order valence-corrected chi connectivity index (χ1v) is 12.5. The smallest absolute Gasteiger partial charge is 0.379 e. The zero-order valence-corrected chi connectivity index (χ0v) is 21.1. The van der Waals surface area contributed by atoms with Crippen molar-refractivity contribution in [3.8, 4) is 0 Å². The third kappa shape index (κ3) is 4.68. The van der Waals surface area contributed by atoms with Crippen LogP contribution in [0.3, 0.4) is 0 Å². The van der Waals surface area contributed by atoms with E-state index in [0.29, 0.717) is 47.9 Å². The predicted octanol–water partition coefficient (Wildman–Crippen LogP) is 5.04. The number of hydrogen-bond acceptors (Lipinski definition) is 4. The largest absolute Gasteiger partial charge is 0.418 e. The van der Waals surface area contributed by atoms with Gasteiger partial charge in [0.1, 0.15) is 0 Å². The predicted molar refractivity (Wildman–Crippen MR) is 127 cm³/mol. The van der Waals surface area contributed by atoms with Crippen LogP contribution in [-0.2, 0) is 6.18 Å². The molecule has 3 heterocycles. The maximum Gasteiger partial charge on any atom is 0.418 e. The number of aromatic nitrogens is 1. The number of hydrogen-bond donors (Lipinski definition) is 1. The van der Waals surface area contributed by atoms with E-state index in [2.05, 4.69) is 42.2 Å². The van der Waals surface area contributed by atoms with Gasteiger partial charge in [-0.1, -0.05) is 15.9 Å². The number of carbonyl (C=O) groups excluding carboxylic acids is 2. The Morgan fingerprint density at radius 3 is 2.38 bits per heavy atom. The number of benzene rings is 1. The molecular weight excluding hydrogens is 581 g/mol. The summed E-state index contributed by atoms with van der Waals surface area (Å²) in [6, 6.07) is 3.68. The number of amides is 2. The van der Waals surface area contributed by atoms with E-state index >= 15 is 0 Å². The monoisotopic (exact) mass is 600 g/mol. The summed E-state index contributed by atoms with van der Waals surface area (Å²) in [5, 5.41) is 2.98. The summed E-state index contributed by atoms with van der Waals surface area (Å²) < 4.78 is 42.8. The molecule has 1 aromatic carbocycles. The zero-order chi connectivity index (χ0) is 24.2. The van der Waals surface area contributed by atoms with Crippen LogP contribution in [0.25, 0.3) is 0 Å². The van der Waals surface area contributed by atoms with Gasteiger partial charge in [-0.2, -0.15) is 13.2 Å². The van der Waals surface area contributed by atoms with E-state index < -0.39 is 23.7 Å². The number of rotatable bonds is 4. The van der Waals surface area contributed by atoms with Crippen LogP contribution in [0, 0.1) is 11.8 Å². The van der Waals surface area contributed by atoms with Gasteiger partial charge >= 0.3 is 6.18 Å². The van der Waals surface area contributed by atoms with Crippen molar-refractivity contribution in [2.45, 2.75) is 25.1 Å². The summed E-state index contributed by atoms with van der Waals surface area (Å²) in [7, 11) is 0. The molecular formula is C23H21Br2F3N4O2. The van der Waals surface area contributed by atoms with E-state index in [1.807, 2.05) is 0 Å². The number of anilines is 1. The molecule has 1 N–H and O–H groups in total. The van der Waals surface area contributed by atoms with E-state index in [1.165, 1.54) is 12.3 Å². The van der Waals surface area contributed by atoms with Gasteiger partial charge < -0.3 is 15.1 Å². The van der Waals surface area contributed by atoms with Crippen molar-refractivity contribution in [3.63, 3.8) is 0 Å². The number of carbonyl (C=O) groups is 2. The van der Waals surface area contributed by atoms with E-state index in [0.717, 1.165) is 12.5 Å². The Morgan fingerprint density at radius 2 is 1.71 bits per heavy atom. The molecule has 2 aliphatic heterocycles. The lowest BCUT2D eigenvalue weighted by Gasteiger charge is -2.25. The third-order valence-corrected chi connectivity index (χ3v) is 7.57. The SMILES string of the molecule is O=C(c1cncc(Br)c1)N1CC[C@@H](Nc2c(C(=O)N3CC4CC4C3)cc(Br)cc2C(F)(F)F)C1. The number of fused-ring (bicyclic) bond motifs is 1. The Labute approximate surface area is 211 Å². The van der Waals surface area contributed by atoms with Crippen LogP contribution in [0.1, 0.15) is 39.1 Å². The molecule has 3 aliphatic rings. The van der Waals surface area contributed by atoms with Crippen LogP contribution < -0.4 is 5.32 Å². The Hall–Kier alpha value is -2.14. The van der Waals surface area contributed by atoms with Crippen LogP contribution in [0.4, 0.5) is 18.9 Å². The van der Waals surface area contributed by atoms with E-state index in [9.17, 15) is 22.8 Å². The minimum absolute atomic E-state index is 0.00367. The average molecular weight is 602 g/mol. The minimum Gasteiger partial charge on any atom is -0.379 e. The van der Waals surface area contributed by atoms with Gasteiger partial charge in [0, 0.05) is 53.6 Å². The first-order valence-electron chi connectivity index (χ1n) is 11.0. The number of likely N-dealkylation sites (tertiary alicyclic amines) is 2. The standard InChI is InChI=1S/C23H21Br2F3N4O2/c24-15-5-18(22(34)32-9-13-3-14(13)10-32)20(19(6-15)23(26,27)28)30-17-1-2-31(11-17)21(33)12-4-16(25)8-29-7-12/h4-8,13-14,17,30H,1-3,9-11H2/t13?,14?,17-/m1/s1. The Bertz CT molecular complexity index is 1150. The lowest BCUT2D eigenvalue weighted by Crippen LogP contribution is -2.34. The third-order valence-electron chi connectivity index (χ3n) is 6.68. The summed E-state index contributed by atoms with van der Waals surface area (Å²) in [5.74, 6) is 0.304. The molecule has 1 aromatic heterocycles. The van der Waals surface area contributed by atoms with Crippen LogP contribution >= 0.6 is 31.9 Å². The van der Waals surface area contributed by atoms with Crippen molar-refractivity contribution in [2.24, 2.45) is 11.8 Å². The van der Waals surface area contributed by atoms with Gasteiger partial charge in [0.15, 0.2) is 0 Å². The summed E-state index contributed by atoms with van der Waals surface area (Å²) in [6.45, 7) is 1.78. The highest BCUT2D eigenvalue weighted by Crippen LogP contribution is 2.46. The molecule has 2 amide bonds. The number of piperidine rings is 1. The maximum atomic E-state index is 14.0. The number of nitrogens with zero attached hydrogens (tertiary/aromatic N) is 3. The molecule has 0 spiro atoms. The first kappa shape index (κ1) is 23.6. The highest BCUT2D eigenvalue weighted by atomic mass is 79.9. The van der Waals surface area contributed by atoms with Crippen LogP contribution in [0.15, 0.2) is 39.5 Å². The van der Waals surface area contributed by atoms with Gasteiger partial charge in [-0.25, -0.2) is 0 Å². The molecule has 0 radical (unpaired) electrons. The molecule has 2 saturated heterocycles. The fourth-order valence-electron chi connectivity index (χ4n) is 4.87. The number of pyridine rings is 1. The molecule has 34 heavy (non-hydrogen) atoms. The molecule has 1 aliphatic carbocycles. The van der Waals surface area contributed by atoms with Crippen LogP contribution in [0.5, 0.6) is 0 Å². The van der Waals surface area contributed by atoms with Gasteiger partial charge in [-0.15, -0.1) is 0 Å². The fraction of sp³-hybridized carbons (Fsp3) is 0.435. The van der Waals surface area contributed by atoms with Crippen LogP contribution in [0.2, 0.25) is 0 Å². The van der Waals surface area contributed by atoms with Gasteiger partial charge in [0.05, 0.1) is 22.4 Å². The van der Waals surface area contributed by atoms with E-state index in [4.69, 9.17) is 0 Å². The Kier molecular flexibility index (Phi) is 6.12. The molecule has 3 atom stereocenters. The summed E-state index contributed by atoms with van der Waals surface area (Å²) in [5.41, 5.74) is -0.706. The molecule has 0 bridgehead atoms. The van der Waals surface area contributed by atoms with Crippen molar-refractivity contribution in [1.29, 1.82) is 0 Å². The lowest BCUT2D eigenvalue weighted by molar-refractivity contribution is -0.137. The second-order valence-electron chi connectivity index (χ2n) is 9.11. The summed E-state index contributed by atoms with van der Waals surface area (Å²) in [4.78, 5) is 33.3. The minimum atomic E-state index is -4.65. The molecule has 6 nitrogen and oxygen atoms in total. The number of nitrogens with one attached hydrogen (secondary N) is 1. The number of halogens is 5. The van der Waals surface area contributed by atoms with Gasteiger partial charge in [-0.3, -0.25) is 14.6 Å². The highest BCUT2D eigenvalue weighted by molar-refractivity contribution is 9.10. The first-order chi connectivity index (χ1) is 16.1. The summed E-state index contributed by atoms with van der Waals surface area (Å²) >= 11 is 6.44. The molecule has 2 unspecified atom stereocenters. The van der Waals surface area contributed by atoms with Crippen molar-refractivity contribution >= 4 is 49.4 Å². The zero-order valence-electron chi connectivity index (χ0n) is 17.9. The number of alkyl halides is 3. The quantitative estimate of drug-likeness (QED) is 0.533. The Morgan fingerprint density at radius 1 is 0.971 bits per heavy atom. The topological polar surface area (TPSA) is 65.5 Å². The maximum absolute atomic E-state index is 14.0. The van der Waals surface area contributed by atoms with Crippen LogP contribution in [-0.4, -0.2) is 58.8 Å². The molecule has 180 valence electrons. The lowest BCUT2D eigenvalue weighted by atomic mass is 10.0. The molecule has 5 rings (SSSR count). The second-order valence-corrected chi connectivity index (χ2v) is 10.9.